The molecular weight excluding hydrogens is 292 g/mol. The monoisotopic (exact) mass is 306 g/mol. The molecule has 19 heavy (non-hydrogen) atoms. The first-order chi connectivity index (χ1) is 8.76. The maximum absolute atomic E-state index is 12.3. The van der Waals surface area contributed by atoms with Crippen LogP contribution in [0.4, 0.5) is 0 Å². The smallest absolute Gasteiger partial charge is 0.184 e. The van der Waals surface area contributed by atoms with Crippen LogP contribution in [-0.4, -0.2) is 51.9 Å². The quantitative estimate of drug-likeness (QED) is 0.818. The molecule has 1 aromatic rings. The molecule has 1 N–H and O–H groups in total. The third kappa shape index (κ3) is 2.75. The van der Waals surface area contributed by atoms with Crippen LogP contribution in [0.2, 0.25) is 0 Å². The van der Waals surface area contributed by atoms with Crippen molar-refractivity contribution >= 4 is 19.7 Å². The van der Waals surface area contributed by atoms with Gasteiger partial charge in [-0.05, 0) is 24.3 Å². The highest BCUT2D eigenvalue weighted by atomic mass is 32.2. The van der Waals surface area contributed by atoms with Gasteiger partial charge in [-0.3, -0.25) is 0 Å². The molecule has 1 aromatic carbocycles. The Kier molecular flexibility index (Phi) is 3.59. The number of sulfone groups is 2. The molecule has 106 valence electrons. The Morgan fingerprint density at radius 1 is 1.21 bits per heavy atom. The minimum absolute atomic E-state index is 0.0190. The molecule has 2 rings (SSSR count). The molecule has 2 atom stereocenters. The number of hydrogen-bond donors (Lipinski definition) is 1. The molecule has 0 unspecified atom stereocenters. The van der Waals surface area contributed by atoms with E-state index in [-0.39, 0.29) is 4.90 Å². The summed E-state index contributed by atoms with van der Waals surface area (Å²) in [4.78, 5) is -0.0190. The number of aliphatic hydroxyl groups excluding tert-OH is 1. The van der Waals surface area contributed by atoms with E-state index in [4.69, 9.17) is 4.74 Å². The summed E-state index contributed by atoms with van der Waals surface area (Å²) in [6.07, 6.45) is -1.38. The summed E-state index contributed by atoms with van der Waals surface area (Å²) in [7, 11) is -5.92. The summed E-state index contributed by atoms with van der Waals surface area (Å²) in [6.45, 7) is 0. The molecule has 0 bridgehead atoms. The molecule has 0 radical (unpaired) electrons. The Hall–Kier alpha value is -1.12. The van der Waals surface area contributed by atoms with Gasteiger partial charge in [-0.2, -0.15) is 0 Å². The van der Waals surface area contributed by atoms with Crippen molar-refractivity contribution in [3.63, 3.8) is 0 Å². The molecular formula is C11H14O6S2. The van der Waals surface area contributed by atoms with Gasteiger partial charge in [-0.25, -0.2) is 16.8 Å². The zero-order valence-corrected chi connectivity index (χ0v) is 11.8. The highest BCUT2D eigenvalue weighted by molar-refractivity contribution is 7.96. The van der Waals surface area contributed by atoms with Crippen LogP contribution in [0.1, 0.15) is 0 Å². The maximum Gasteiger partial charge on any atom is 0.184 e. The predicted molar refractivity (Wildman–Crippen MR) is 68.6 cm³/mol. The second-order valence-corrected chi connectivity index (χ2v) is 8.72. The van der Waals surface area contributed by atoms with E-state index >= 15 is 0 Å². The minimum Gasteiger partial charge on any atom is -0.497 e. The Bertz CT molecular complexity index is 660. The van der Waals surface area contributed by atoms with E-state index in [1.54, 1.807) is 0 Å². The zero-order chi connectivity index (χ0) is 14.3. The second-order valence-electron chi connectivity index (χ2n) is 4.40. The topological polar surface area (TPSA) is 97.7 Å². The Morgan fingerprint density at radius 3 is 2.21 bits per heavy atom. The molecule has 0 aromatic heterocycles. The van der Waals surface area contributed by atoms with Crippen molar-refractivity contribution in [1.29, 1.82) is 0 Å². The standard InChI is InChI=1S/C11H14O6S2/c1-17-8-2-4-9(5-3-8)19(15,16)11-7-18(13,14)6-10(11)12/h2-5,10-12H,6-7H2,1H3/t10-,11+/m1/s1. The molecule has 1 fully saturated rings. The first-order valence-corrected chi connectivity index (χ1v) is 8.89. The van der Waals surface area contributed by atoms with E-state index in [1.807, 2.05) is 0 Å². The number of hydrogen-bond acceptors (Lipinski definition) is 6. The molecule has 8 heteroatoms. The first-order valence-electron chi connectivity index (χ1n) is 5.53. The van der Waals surface area contributed by atoms with E-state index in [0.717, 1.165) is 0 Å². The fraction of sp³-hybridized carbons (Fsp3) is 0.455. The van der Waals surface area contributed by atoms with Crippen LogP contribution in [-0.2, 0) is 19.7 Å². The van der Waals surface area contributed by atoms with Gasteiger partial charge in [0.1, 0.15) is 11.0 Å². The number of aliphatic hydroxyl groups is 1. The Balaban J connectivity index is 2.37. The summed E-state index contributed by atoms with van der Waals surface area (Å²) in [5.41, 5.74) is 0. The van der Waals surface area contributed by atoms with Crippen LogP contribution in [0.3, 0.4) is 0 Å². The van der Waals surface area contributed by atoms with Gasteiger partial charge in [-0.15, -0.1) is 0 Å². The largest absolute Gasteiger partial charge is 0.497 e. The lowest BCUT2D eigenvalue weighted by atomic mass is 10.3. The third-order valence-corrected chi connectivity index (χ3v) is 7.19. The van der Waals surface area contributed by atoms with Gasteiger partial charge >= 0.3 is 0 Å². The average Bonchev–Trinajstić information content (AvgIpc) is 2.63. The first kappa shape index (κ1) is 14.3. The van der Waals surface area contributed by atoms with Crippen LogP contribution >= 0.6 is 0 Å². The van der Waals surface area contributed by atoms with Gasteiger partial charge in [0.05, 0.1) is 29.6 Å². The predicted octanol–water partition coefficient (Wildman–Crippen LogP) is -0.373. The van der Waals surface area contributed by atoms with Crippen molar-refractivity contribution in [1.82, 2.24) is 0 Å². The van der Waals surface area contributed by atoms with Crippen molar-refractivity contribution in [3.05, 3.63) is 24.3 Å². The van der Waals surface area contributed by atoms with E-state index in [9.17, 15) is 21.9 Å². The van der Waals surface area contributed by atoms with Crippen LogP contribution in [0, 0.1) is 0 Å². The van der Waals surface area contributed by atoms with E-state index in [2.05, 4.69) is 0 Å². The van der Waals surface area contributed by atoms with E-state index in [0.29, 0.717) is 5.75 Å². The molecule has 0 amide bonds. The molecule has 0 aliphatic carbocycles. The Morgan fingerprint density at radius 2 is 1.79 bits per heavy atom. The van der Waals surface area contributed by atoms with Crippen LogP contribution in [0.15, 0.2) is 29.2 Å². The lowest BCUT2D eigenvalue weighted by Gasteiger charge is -2.14. The summed E-state index contributed by atoms with van der Waals surface area (Å²) in [5.74, 6) is -0.547. The van der Waals surface area contributed by atoms with Crippen molar-refractivity contribution in [2.75, 3.05) is 18.6 Å². The van der Waals surface area contributed by atoms with Gasteiger partial charge in [0.25, 0.3) is 0 Å². The maximum atomic E-state index is 12.3. The van der Waals surface area contributed by atoms with Gasteiger partial charge in [-0.1, -0.05) is 0 Å². The van der Waals surface area contributed by atoms with Crippen LogP contribution in [0.25, 0.3) is 0 Å². The molecule has 0 saturated carbocycles. The van der Waals surface area contributed by atoms with Crippen molar-refractivity contribution in [2.24, 2.45) is 0 Å². The zero-order valence-electron chi connectivity index (χ0n) is 10.2. The number of rotatable bonds is 3. The molecule has 1 aliphatic rings. The molecule has 1 aliphatic heterocycles. The third-order valence-electron chi connectivity index (χ3n) is 3.06. The lowest BCUT2D eigenvalue weighted by Crippen LogP contribution is -2.32. The number of benzene rings is 1. The fourth-order valence-electron chi connectivity index (χ4n) is 2.03. The van der Waals surface area contributed by atoms with Gasteiger partial charge < -0.3 is 9.84 Å². The summed E-state index contributed by atoms with van der Waals surface area (Å²) in [5, 5.41) is 8.34. The van der Waals surface area contributed by atoms with E-state index in [1.165, 1.54) is 31.4 Å². The molecule has 6 nitrogen and oxygen atoms in total. The van der Waals surface area contributed by atoms with Crippen LogP contribution in [0.5, 0.6) is 5.75 Å². The summed E-state index contributed by atoms with van der Waals surface area (Å²) in [6, 6.07) is 5.63. The average molecular weight is 306 g/mol. The molecule has 0 spiro atoms. The highest BCUT2D eigenvalue weighted by Crippen LogP contribution is 2.26. The van der Waals surface area contributed by atoms with Crippen molar-refractivity contribution in [2.45, 2.75) is 16.2 Å². The summed E-state index contributed by atoms with van der Waals surface area (Å²) >= 11 is 0. The molecule has 1 heterocycles. The van der Waals surface area contributed by atoms with Crippen molar-refractivity contribution < 1.29 is 26.7 Å². The normalized spacial score (nSPS) is 26.2. The second kappa shape index (κ2) is 4.77. The van der Waals surface area contributed by atoms with E-state index < -0.39 is 42.5 Å². The molecule has 1 saturated heterocycles. The Labute approximate surface area is 111 Å². The minimum atomic E-state index is -3.87. The SMILES string of the molecule is COc1ccc(S(=O)(=O)[C@H]2CS(=O)(=O)C[C@H]2O)cc1. The van der Waals surface area contributed by atoms with Crippen LogP contribution < -0.4 is 4.74 Å². The fourth-order valence-corrected chi connectivity index (χ4v) is 6.48. The lowest BCUT2D eigenvalue weighted by molar-refractivity contribution is 0.204. The summed E-state index contributed by atoms with van der Waals surface area (Å²) < 4.78 is 52.2. The highest BCUT2D eigenvalue weighted by Gasteiger charge is 2.45. The number of methoxy groups -OCH3 is 1. The van der Waals surface area contributed by atoms with Gasteiger partial charge in [0.15, 0.2) is 19.7 Å². The van der Waals surface area contributed by atoms with Crippen molar-refractivity contribution in [3.8, 4) is 5.75 Å². The number of ether oxygens (including phenoxy) is 1. The van der Waals surface area contributed by atoms with Gasteiger partial charge in [0, 0.05) is 0 Å². The van der Waals surface area contributed by atoms with Gasteiger partial charge in [0.2, 0.25) is 0 Å².